The summed E-state index contributed by atoms with van der Waals surface area (Å²) in [5, 5.41) is 8.29. The predicted molar refractivity (Wildman–Crippen MR) is 222 cm³/mol. The van der Waals surface area contributed by atoms with E-state index >= 15 is 0 Å². The van der Waals surface area contributed by atoms with Crippen LogP contribution in [0.3, 0.4) is 0 Å². The van der Waals surface area contributed by atoms with Gasteiger partial charge in [-0.1, -0.05) is 106 Å². The van der Waals surface area contributed by atoms with E-state index < -0.39 is 41.3 Å². The van der Waals surface area contributed by atoms with Gasteiger partial charge in [0.15, 0.2) is 5.82 Å². The molecule has 1 unspecified atom stereocenters. The Kier molecular flexibility index (Phi) is 16.0. The third kappa shape index (κ3) is 12.7. The standard InChI is InChI=1S/C43H48N6O6S/c1-7-10-17-27-56-49-39(50)33-20-15-16-21-34(33)45-40(51)36(47-41(52)37(43(4,5)6)48-42(53)54-26-11-8-2)29-22-24-32(25-23-29)55-35-28-31(9-3)44-38(46-35)30-18-13-12-14-19-30/h7-9,12-16,18-25,28,36-37H,1-3,10-11,17,26-27H2,4-6H3,(H,45,51)(H,47,52)(H,48,53)(H,49,50)/t36?,37-/m1/s1. The number of aromatic nitrogens is 2. The number of nitrogens with one attached hydrogen (secondary N) is 4. The lowest BCUT2D eigenvalue weighted by Crippen LogP contribution is -2.55. The molecule has 2 atom stereocenters. The van der Waals surface area contributed by atoms with E-state index in [4.69, 9.17) is 9.47 Å². The summed E-state index contributed by atoms with van der Waals surface area (Å²) in [7, 11) is 0. The Balaban J connectivity index is 1.63. The molecule has 0 aliphatic rings. The van der Waals surface area contributed by atoms with Crippen molar-refractivity contribution >= 4 is 47.5 Å². The van der Waals surface area contributed by atoms with Gasteiger partial charge in [0.1, 0.15) is 17.8 Å². The highest BCUT2D eigenvalue weighted by Gasteiger charge is 2.36. The van der Waals surface area contributed by atoms with Gasteiger partial charge in [0.25, 0.3) is 11.8 Å². The molecule has 0 fully saturated rings. The largest absolute Gasteiger partial charge is 0.449 e. The topological polar surface area (TPSA) is 161 Å². The van der Waals surface area contributed by atoms with Gasteiger partial charge in [-0.05, 0) is 60.6 Å². The average molecular weight is 777 g/mol. The molecule has 56 heavy (non-hydrogen) atoms. The number of carbonyl (C=O) groups is 4. The molecular formula is C43H48N6O6S. The van der Waals surface area contributed by atoms with Crippen molar-refractivity contribution < 1.29 is 28.7 Å². The molecule has 4 amide bonds. The zero-order valence-corrected chi connectivity index (χ0v) is 32.7. The van der Waals surface area contributed by atoms with Crippen molar-refractivity contribution in [2.45, 2.75) is 52.1 Å². The minimum atomic E-state index is -1.28. The summed E-state index contributed by atoms with van der Waals surface area (Å²) >= 11 is 1.26. The molecule has 4 rings (SSSR count). The second kappa shape index (κ2) is 21.0. The van der Waals surface area contributed by atoms with E-state index in [-0.39, 0.29) is 23.7 Å². The summed E-state index contributed by atoms with van der Waals surface area (Å²) in [5.41, 5.74) is 1.46. The van der Waals surface area contributed by atoms with E-state index in [0.29, 0.717) is 35.0 Å². The number of hydrogen-bond acceptors (Lipinski definition) is 9. The number of ether oxygens (including phenoxy) is 2. The average Bonchev–Trinajstić information content (AvgIpc) is 3.19. The zero-order valence-electron chi connectivity index (χ0n) is 31.9. The highest BCUT2D eigenvalue weighted by atomic mass is 32.2. The van der Waals surface area contributed by atoms with E-state index in [9.17, 15) is 19.2 Å². The summed E-state index contributed by atoms with van der Waals surface area (Å²) in [6.45, 7) is 16.6. The number of hydrogen-bond donors (Lipinski definition) is 4. The zero-order chi connectivity index (χ0) is 40.5. The minimum absolute atomic E-state index is 0.0884. The van der Waals surface area contributed by atoms with Crippen LogP contribution in [0.25, 0.3) is 17.5 Å². The maximum atomic E-state index is 14.2. The number of alkyl carbamates (subject to hydrolysis) is 1. The number of carbonyl (C=O) groups excluding carboxylic acids is 4. The van der Waals surface area contributed by atoms with Crippen LogP contribution in [0.15, 0.2) is 117 Å². The summed E-state index contributed by atoms with van der Waals surface area (Å²) in [6, 6.07) is 21.9. The fourth-order valence-electron chi connectivity index (χ4n) is 5.23. The Morgan fingerprint density at radius 2 is 1.54 bits per heavy atom. The third-order valence-electron chi connectivity index (χ3n) is 8.14. The number of amides is 4. The Morgan fingerprint density at radius 1 is 0.839 bits per heavy atom. The first-order valence-electron chi connectivity index (χ1n) is 18.1. The minimum Gasteiger partial charge on any atom is -0.449 e. The number of nitrogens with zero attached hydrogens (tertiary/aromatic N) is 2. The second-order valence-electron chi connectivity index (χ2n) is 13.5. The van der Waals surface area contributed by atoms with Crippen LogP contribution in [0.1, 0.15) is 67.7 Å². The summed E-state index contributed by atoms with van der Waals surface area (Å²) < 4.78 is 14.1. The smallest absolute Gasteiger partial charge is 0.407 e. The quantitative estimate of drug-likeness (QED) is 0.0416. The molecule has 0 saturated heterocycles. The molecule has 0 spiro atoms. The fourth-order valence-corrected chi connectivity index (χ4v) is 5.88. The van der Waals surface area contributed by atoms with E-state index in [1.165, 1.54) is 11.9 Å². The number of rotatable bonds is 19. The van der Waals surface area contributed by atoms with Crippen molar-refractivity contribution in [1.82, 2.24) is 25.3 Å². The van der Waals surface area contributed by atoms with E-state index in [0.717, 1.165) is 18.4 Å². The number of allylic oxidation sites excluding steroid dienone is 1. The maximum Gasteiger partial charge on any atom is 0.407 e. The molecule has 0 aliphatic carbocycles. The van der Waals surface area contributed by atoms with Crippen LogP contribution in [0, 0.1) is 5.41 Å². The third-order valence-corrected chi connectivity index (χ3v) is 8.97. The van der Waals surface area contributed by atoms with Gasteiger partial charge in [0, 0.05) is 17.4 Å². The van der Waals surface area contributed by atoms with Crippen molar-refractivity contribution in [2.75, 3.05) is 17.7 Å². The van der Waals surface area contributed by atoms with Crippen molar-refractivity contribution in [3.8, 4) is 23.0 Å². The van der Waals surface area contributed by atoms with Crippen LogP contribution in [0.4, 0.5) is 10.5 Å². The molecule has 0 radical (unpaired) electrons. The molecule has 1 heterocycles. The van der Waals surface area contributed by atoms with Gasteiger partial charge >= 0.3 is 6.09 Å². The maximum absolute atomic E-state index is 14.2. The van der Waals surface area contributed by atoms with Gasteiger partial charge < -0.3 is 25.4 Å². The molecule has 12 nitrogen and oxygen atoms in total. The van der Waals surface area contributed by atoms with Crippen molar-refractivity contribution in [1.29, 1.82) is 0 Å². The Hall–Kier alpha value is -6.21. The first-order chi connectivity index (χ1) is 26.9. The van der Waals surface area contributed by atoms with Crippen LogP contribution >= 0.6 is 11.9 Å². The van der Waals surface area contributed by atoms with Gasteiger partial charge in [-0.2, -0.15) is 4.98 Å². The van der Waals surface area contributed by atoms with Gasteiger partial charge in [-0.15, -0.1) is 13.2 Å². The van der Waals surface area contributed by atoms with E-state index in [2.05, 4.69) is 50.4 Å². The Morgan fingerprint density at radius 3 is 2.21 bits per heavy atom. The number of unbranched alkanes of at least 4 members (excludes halogenated alkanes) is 1. The molecule has 3 aromatic carbocycles. The number of para-hydroxylation sites is 1. The molecule has 0 saturated carbocycles. The molecule has 0 aliphatic heterocycles. The van der Waals surface area contributed by atoms with E-state index in [1.807, 2.05) is 36.4 Å². The van der Waals surface area contributed by atoms with Gasteiger partial charge in [0.2, 0.25) is 11.8 Å². The lowest BCUT2D eigenvalue weighted by Gasteiger charge is -2.31. The highest BCUT2D eigenvalue weighted by molar-refractivity contribution is 7.97. The van der Waals surface area contributed by atoms with Crippen LogP contribution in [0.5, 0.6) is 11.6 Å². The second-order valence-corrected chi connectivity index (χ2v) is 14.4. The molecule has 4 N–H and O–H groups in total. The SMILES string of the molecule is C=CCCCSNC(=O)c1ccccc1NC(=O)C(NC(=O)[C@@H](NC(=O)OCCC=C)C(C)(C)C)c1ccc(Oc2cc(C=C)nc(-c3ccccc3)n2)cc1. The molecule has 1 aromatic heterocycles. The first kappa shape index (κ1) is 42.5. The van der Waals surface area contributed by atoms with Gasteiger partial charge in [-0.3, -0.25) is 19.1 Å². The Labute approximate surface area is 332 Å². The lowest BCUT2D eigenvalue weighted by molar-refractivity contribution is -0.129. The normalized spacial score (nSPS) is 11.9. The molecule has 4 aromatic rings. The van der Waals surface area contributed by atoms with Gasteiger partial charge in [0.05, 0.1) is 23.6 Å². The summed E-state index contributed by atoms with van der Waals surface area (Å²) in [6.07, 6.45) is 6.35. The van der Waals surface area contributed by atoms with Crippen LogP contribution < -0.4 is 25.4 Å². The number of anilines is 1. The summed E-state index contributed by atoms with van der Waals surface area (Å²) in [4.78, 5) is 63.1. The van der Waals surface area contributed by atoms with Crippen LogP contribution in [0.2, 0.25) is 0 Å². The number of benzene rings is 3. The van der Waals surface area contributed by atoms with Gasteiger partial charge in [-0.25, -0.2) is 9.78 Å². The predicted octanol–water partition coefficient (Wildman–Crippen LogP) is 8.44. The van der Waals surface area contributed by atoms with Crippen molar-refractivity contribution in [3.63, 3.8) is 0 Å². The molecule has 0 bridgehead atoms. The van der Waals surface area contributed by atoms with Crippen molar-refractivity contribution in [3.05, 3.63) is 134 Å². The monoisotopic (exact) mass is 776 g/mol. The first-order valence-corrected chi connectivity index (χ1v) is 19.0. The molecule has 292 valence electrons. The van der Waals surface area contributed by atoms with Crippen molar-refractivity contribution in [2.24, 2.45) is 5.41 Å². The van der Waals surface area contributed by atoms with Crippen LogP contribution in [-0.2, 0) is 14.3 Å². The van der Waals surface area contributed by atoms with E-state index in [1.54, 1.807) is 87.5 Å². The van der Waals surface area contributed by atoms with Crippen LogP contribution in [-0.4, -0.2) is 52.2 Å². The highest BCUT2D eigenvalue weighted by Crippen LogP contribution is 2.28. The Bertz CT molecular complexity index is 2000. The summed E-state index contributed by atoms with van der Waals surface area (Å²) in [5.74, 6) is 0.163. The lowest BCUT2D eigenvalue weighted by atomic mass is 9.86. The molecular weight excluding hydrogens is 729 g/mol. The fraction of sp³-hybridized carbons (Fsp3) is 0.256. The molecule has 13 heteroatoms.